The highest BCUT2D eigenvalue weighted by molar-refractivity contribution is 9.10. The summed E-state index contributed by atoms with van der Waals surface area (Å²) in [6, 6.07) is 9.86. The Hall–Kier alpha value is -1.07. The fourth-order valence-corrected chi connectivity index (χ4v) is 1.55. The monoisotopic (exact) mass is 221 g/mol. The molecule has 0 amide bonds. The van der Waals surface area contributed by atoms with Gasteiger partial charge >= 0.3 is 0 Å². The fourth-order valence-electron chi connectivity index (χ4n) is 0.956. The SMILES string of the molecule is CC(=CC#N)c1ccccc1Br. The zero-order valence-corrected chi connectivity index (χ0v) is 8.30. The molecule has 0 N–H and O–H groups in total. The van der Waals surface area contributed by atoms with Crippen LogP contribution in [-0.2, 0) is 0 Å². The molecule has 60 valence electrons. The molecular formula is C10H8BrN. The van der Waals surface area contributed by atoms with E-state index in [2.05, 4.69) is 15.9 Å². The maximum Gasteiger partial charge on any atom is 0.0915 e. The summed E-state index contributed by atoms with van der Waals surface area (Å²) in [4.78, 5) is 0. The molecule has 0 aliphatic heterocycles. The Morgan fingerprint density at radius 1 is 1.50 bits per heavy atom. The van der Waals surface area contributed by atoms with Crippen LogP contribution in [0.25, 0.3) is 5.57 Å². The number of halogens is 1. The normalized spacial score (nSPS) is 10.9. The van der Waals surface area contributed by atoms with Crippen molar-refractivity contribution >= 4 is 21.5 Å². The van der Waals surface area contributed by atoms with Gasteiger partial charge in [-0.2, -0.15) is 5.26 Å². The van der Waals surface area contributed by atoms with Gasteiger partial charge in [-0.05, 0) is 24.1 Å². The van der Waals surface area contributed by atoms with E-state index in [1.807, 2.05) is 37.3 Å². The molecular weight excluding hydrogens is 214 g/mol. The van der Waals surface area contributed by atoms with Gasteiger partial charge in [-0.15, -0.1) is 0 Å². The summed E-state index contributed by atoms with van der Waals surface area (Å²) in [7, 11) is 0. The van der Waals surface area contributed by atoms with Crippen molar-refractivity contribution in [3.05, 3.63) is 40.4 Å². The van der Waals surface area contributed by atoms with Crippen molar-refractivity contribution in [3.8, 4) is 6.07 Å². The number of nitriles is 1. The van der Waals surface area contributed by atoms with Gasteiger partial charge in [0, 0.05) is 10.5 Å². The summed E-state index contributed by atoms with van der Waals surface area (Å²) >= 11 is 3.42. The lowest BCUT2D eigenvalue weighted by atomic mass is 10.1. The van der Waals surface area contributed by atoms with Gasteiger partial charge in [0.05, 0.1) is 6.07 Å². The predicted molar refractivity (Wildman–Crippen MR) is 53.4 cm³/mol. The third kappa shape index (κ3) is 1.96. The van der Waals surface area contributed by atoms with Crippen LogP contribution in [0.15, 0.2) is 34.8 Å². The Balaban J connectivity index is 3.13. The van der Waals surface area contributed by atoms with Crippen LogP contribution in [0, 0.1) is 11.3 Å². The zero-order chi connectivity index (χ0) is 8.97. The number of rotatable bonds is 1. The molecule has 0 aliphatic rings. The van der Waals surface area contributed by atoms with Crippen LogP contribution < -0.4 is 0 Å². The van der Waals surface area contributed by atoms with Crippen molar-refractivity contribution in [2.75, 3.05) is 0 Å². The topological polar surface area (TPSA) is 23.8 Å². The molecule has 0 spiro atoms. The van der Waals surface area contributed by atoms with Crippen LogP contribution in [-0.4, -0.2) is 0 Å². The lowest BCUT2D eigenvalue weighted by Gasteiger charge is -2.01. The van der Waals surface area contributed by atoms with E-state index >= 15 is 0 Å². The molecule has 2 heteroatoms. The molecule has 0 unspecified atom stereocenters. The highest BCUT2D eigenvalue weighted by atomic mass is 79.9. The number of benzene rings is 1. The average molecular weight is 222 g/mol. The lowest BCUT2D eigenvalue weighted by Crippen LogP contribution is -1.79. The molecule has 0 fully saturated rings. The van der Waals surface area contributed by atoms with Crippen LogP contribution in [0.5, 0.6) is 0 Å². The predicted octanol–water partition coefficient (Wildman–Crippen LogP) is 3.38. The van der Waals surface area contributed by atoms with E-state index in [0.717, 1.165) is 15.6 Å². The van der Waals surface area contributed by atoms with Crippen molar-refractivity contribution in [1.29, 1.82) is 5.26 Å². The van der Waals surface area contributed by atoms with E-state index < -0.39 is 0 Å². The first-order valence-electron chi connectivity index (χ1n) is 3.57. The molecule has 0 heterocycles. The third-order valence-electron chi connectivity index (χ3n) is 1.58. The van der Waals surface area contributed by atoms with Gasteiger partial charge in [0.1, 0.15) is 0 Å². The lowest BCUT2D eigenvalue weighted by molar-refractivity contribution is 1.50. The molecule has 0 bridgehead atoms. The van der Waals surface area contributed by atoms with Gasteiger partial charge < -0.3 is 0 Å². The van der Waals surface area contributed by atoms with Gasteiger partial charge in [0.2, 0.25) is 0 Å². The smallest absolute Gasteiger partial charge is 0.0915 e. The van der Waals surface area contributed by atoms with Crippen LogP contribution in [0.4, 0.5) is 0 Å². The second-order valence-electron chi connectivity index (χ2n) is 2.44. The number of nitrogens with zero attached hydrogens (tertiary/aromatic N) is 1. The second-order valence-corrected chi connectivity index (χ2v) is 3.29. The maximum absolute atomic E-state index is 8.45. The average Bonchev–Trinajstić information content (AvgIpc) is 2.05. The molecule has 0 radical (unpaired) electrons. The minimum absolute atomic E-state index is 0.977. The summed E-state index contributed by atoms with van der Waals surface area (Å²) in [5, 5.41) is 8.45. The molecule has 1 aromatic rings. The Bertz CT molecular complexity index is 347. The van der Waals surface area contributed by atoms with Gasteiger partial charge in [-0.3, -0.25) is 0 Å². The fraction of sp³-hybridized carbons (Fsp3) is 0.100. The first kappa shape index (κ1) is 9.02. The van der Waals surface area contributed by atoms with Crippen LogP contribution >= 0.6 is 15.9 Å². The number of allylic oxidation sites excluding steroid dienone is 2. The molecule has 1 nitrogen and oxygen atoms in total. The van der Waals surface area contributed by atoms with Gasteiger partial charge in [0.25, 0.3) is 0 Å². The van der Waals surface area contributed by atoms with E-state index in [1.165, 1.54) is 0 Å². The van der Waals surface area contributed by atoms with E-state index in [-0.39, 0.29) is 0 Å². The van der Waals surface area contributed by atoms with Gasteiger partial charge in [-0.1, -0.05) is 34.1 Å². The van der Waals surface area contributed by atoms with Crippen molar-refractivity contribution in [2.24, 2.45) is 0 Å². The number of hydrogen-bond donors (Lipinski definition) is 0. The summed E-state index contributed by atoms with van der Waals surface area (Å²) in [6.45, 7) is 1.92. The van der Waals surface area contributed by atoms with Crippen molar-refractivity contribution in [2.45, 2.75) is 6.92 Å². The Labute approximate surface area is 80.5 Å². The molecule has 0 aromatic heterocycles. The summed E-state index contributed by atoms with van der Waals surface area (Å²) in [6.07, 6.45) is 1.54. The Morgan fingerprint density at radius 2 is 2.17 bits per heavy atom. The quantitative estimate of drug-likeness (QED) is 0.668. The molecule has 1 rings (SSSR count). The largest absolute Gasteiger partial charge is 0.193 e. The highest BCUT2D eigenvalue weighted by Gasteiger charge is 1.98. The van der Waals surface area contributed by atoms with Crippen LogP contribution in [0.3, 0.4) is 0 Å². The van der Waals surface area contributed by atoms with Gasteiger partial charge in [0.15, 0.2) is 0 Å². The molecule has 0 saturated heterocycles. The van der Waals surface area contributed by atoms with E-state index in [4.69, 9.17) is 5.26 Å². The molecule has 1 aromatic carbocycles. The molecule has 0 atom stereocenters. The van der Waals surface area contributed by atoms with Crippen molar-refractivity contribution < 1.29 is 0 Å². The summed E-state index contributed by atoms with van der Waals surface area (Å²) in [5.74, 6) is 0. The van der Waals surface area contributed by atoms with Crippen LogP contribution in [0.1, 0.15) is 12.5 Å². The minimum Gasteiger partial charge on any atom is -0.193 e. The zero-order valence-electron chi connectivity index (χ0n) is 6.71. The van der Waals surface area contributed by atoms with E-state index in [0.29, 0.717) is 0 Å². The molecule has 0 saturated carbocycles. The van der Waals surface area contributed by atoms with E-state index in [9.17, 15) is 0 Å². The third-order valence-corrected chi connectivity index (χ3v) is 2.27. The molecule has 12 heavy (non-hydrogen) atoms. The van der Waals surface area contributed by atoms with Crippen molar-refractivity contribution in [1.82, 2.24) is 0 Å². The maximum atomic E-state index is 8.45. The first-order chi connectivity index (χ1) is 5.75. The summed E-state index contributed by atoms with van der Waals surface area (Å²) in [5.41, 5.74) is 2.05. The first-order valence-corrected chi connectivity index (χ1v) is 4.36. The van der Waals surface area contributed by atoms with E-state index in [1.54, 1.807) is 6.08 Å². The molecule has 0 aliphatic carbocycles. The second kappa shape index (κ2) is 4.08. The Kier molecular flexibility index (Phi) is 3.07. The van der Waals surface area contributed by atoms with Crippen LogP contribution in [0.2, 0.25) is 0 Å². The minimum atomic E-state index is 0.977. The Morgan fingerprint density at radius 3 is 2.75 bits per heavy atom. The number of hydrogen-bond acceptors (Lipinski definition) is 1. The highest BCUT2D eigenvalue weighted by Crippen LogP contribution is 2.22. The van der Waals surface area contributed by atoms with Crippen molar-refractivity contribution in [3.63, 3.8) is 0 Å². The standard InChI is InChI=1S/C10H8BrN/c1-8(6-7-12)9-4-2-3-5-10(9)11/h2-6H,1H3. The van der Waals surface area contributed by atoms with Gasteiger partial charge in [-0.25, -0.2) is 0 Å². The summed E-state index contributed by atoms with van der Waals surface area (Å²) < 4.78 is 1.02.